The Morgan fingerprint density at radius 2 is 2.04 bits per heavy atom. The molecule has 4 rings (SSSR count). The largest absolute Gasteiger partial charge is 0.350 e. The number of nitrogens with zero attached hydrogens (tertiary/aromatic N) is 2. The zero-order valence-electron chi connectivity index (χ0n) is 16.3. The average molecular weight is 398 g/mol. The summed E-state index contributed by atoms with van der Waals surface area (Å²) in [4.78, 5) is 31.7. The summed E-state index contributed by atoms with van der Waals surface area (Å²) in [6.45, 7) is 4.01. The van der Waals surface area contributed by atoms with Crippen LogP contribution in [0.15, 0.2) is 29.6 Å². The quantitative estimate of drug-likeness (QED) is 0.833. The molecule has 6 heteroatoms. The zero-order chi connectivity index (χ0) is 19.5. The van der Waals surface area contributed by atoms with Crippen LogP contribution in [-0.2, 0) is 11.3 Å². The van der Waals surface area contributed by atoms with Crippen molar-refractivity contribution in [2.75, 3.05) is 13.1 Å². The Labute approximate surface area is 170 Å². The van der Waals surface area contributed by atoms with Gasteiger partial charge < -0.3 is 10.2 Å². The predicted octanol–water partition coefficient (Wildman–Crippen LogP) is 3.89. The van der Waals surface area contributed by atoms with Gasteiger partial charge >= 0.3 is 0 Å². The van der Waals surface area contributed by atoms with Gasteiger partial charge in [-0.3, -0.25) is 9.59 Å². The van der Waals surface area contributed by atoms with Gasteiger partial charge in [0.05, 0.1) is 17.2 Å². The lowest BCUT2D eigenvalue weighted by Gasteiger charge is -2.32. The maximum atomic E-state index is 12.9. The topological polar surface area (TPSA) is 62.3 Å². The van der Waals surface area contributed by atoms with Crippen molar-refractivity contribution in [3.8, 4) is 0 Å². The summed E-state index contributed by atoms with van der Waals surface area (Å²) in [5.41, 5.74) is 2.74. The number of aryl methyl sites for hydroxylation is 1. The lowest BCUT2D eigenvalue weighted by Crippen LogP contribution is -2.39. The molecule has 1 aromatic heterocycles. The molecule has 2 aromatic rings. The molecule has 0 spiro atoms. The molecule has 5 nitrogen and oxygen atoms in total. The van der Waals surface area contributed by atoms with Crippen molar-refractivity contribution in [1.82, 2.24) is 15.2 Å². The number of likely N-dealkylation sites (tertiary alicyclic amines) is 1. The summed E-state index contributed by atoms with van der Waals surface area (Å²) >= 11 is 1.65. The van der Waals surface area contributed by atoms with Gasteiger partial charge in [0, 0.05) is 35.9 Å². The molecule has 2 amide bonds. The number of hydrogen-bond acceptors (Lipinski definition) is 4. The van der Waals surface area contributed by atoms with Crippen LogP contribution in [0.1, 0.15) is 64.6 Å². The van der Waals surface area contributed by atoms with E-state index >= 15 is 0 Å². The zero-order valence-corrected chi connectivity index (χ0v) is 17.1. The van der Waals surface area contributed by atoms with Crippen LogP contribution in [0.4, 0.5) is 0 Å². The first kappa shape index (κ1) is 19.1. The van der Waals surface area contributed by atoms with Crippen molar-refractivity contribution >= 4 is 23.2 Å². The summed E-state index contributed by atoms with van der Waals surface area (Å²) in [6, 6.07) is 7.78. The minimum atomic E-state index is 0.118. The Bertz CT molecular complexity index is 859. The van der Waals surface area contributed by atoms with Crippen LogP contribution >= 0.6 is 11.3 Å². The molecule has 1 N–H and O–H groups in total. The molecule has 2 fully saturated rings. The second kappa shape index (κ2) is 8.43. The predicted molar refractivity (Wildman–Crippen MR) is 110 cm³/mol. The molecule has 1 saturated carbocycles. The fraction of sp³-hybridized carbons (Fsp3) is 0.500. The van der Waals surface area contributed by atoms with Crippen LogP contribution in [0, 0.1) is 12.8 Å². The Morgan fingerprint density at radius 3 is 2.79 bits per heavy atom. The third-order valence-electron chi connectivity index (χ3n) is 5.92. The smallest absolute Gasteiger partial charge is 0.254 e. The van der Waals surface area contributed by atoms with Crippen LogP contribution in [0.5, 0.6) is 0 Å². The first-order chi connectivity index (χ1) is 13.6. The second-order valence-corrected chi connectivity index (χ2v) is 8.82. The van der Waals surface area contributed by atoms with E-state index in [1.807, 2.05) is 41.5 Å². The van der Waals surface area contributed by atoms with Crippen molar-refractivity contribution in [1.29, 1.82) is 0 Å². The molecule has 148 valence electrons. The van der Waals surface area contributed by atoms with E-state index in [4.69, 9.17) is 4.98 Å². The van der Waals surface area contributed by atoms with Crippen LogP contribution in [0.3, 0.4) is 0 Å². The third kappa shape index (κ3) is 4.12. The minimum Gasteiger partial charge on any atom is -0.350 e. The van der Waals surface area contributed by atoms with Gasteiger partial charge in [-0.1, -0.05) is 24.6 Å². The van der Waals surface area contributed by atoms with Crippen molar-refractivity contribution in [2.24, 2.45) is 5.92 Å². The fourth-order valence-electron chi connectivity index (χ4n) is 3.93. The molecule has 2 aliphatic rings. The van der Waals surface area contributed by atoms with Crippen LogP contribution in [0.2, 0.25) is 0 Å². The number of benzene rings is 1. The average Bonchev–Trinajstić information content (AvgIpc) is 3.14. The van der Waals surface area contributed by atoms with E-state index in [1.165, 1.54) is 6.42 Å². The highest BCUT2D eigenvalue weighted by Crippen LogP contribution is 2.30. The molecule has 1 unspecified atom stereocenters. The van der Waals surface area contributed by atoms with Gasteiger partial charge in [-0.15, -0.1) is 11.3 Å². The molecule has 1 aromatic carbocycles. The van der Waals surface area contributed by atoms with E-state index in [1.54, 1.807) is 11.3 Å². The van der Waals surface area contributed by atoms with E-state index in [0.29, 0.717) is 13.1 Å². The number of hydrogen-bond donors (Lipinski definition) is 1. The van der Waals surface area contributed by atoms with E-state index in [9.17, 15) is 9.59 Å². The first-order valence-electron chi connectivity index (χ1n) is 10.2. The van der Waals surface area contributed by atoms with Crippen LogP contribution < -0.4 is 5.32 Å². The van der Waals surface area contributed by atoms with Gasteiger partial charge in [-0.2, -0.15) is 0 Å². The fourth-order valence-corrected chi connectivity index (χ4v) is 4.88. The van der Waals surface area contributed by atoms with Crippen molar-refractivity contribution in [2.45, 2.75) is 51.5 Å². The number of carbonyl (C=O) groups is 2. The van der Waals surface area contributed by atoms with Gasteiger partial charge in [0.2, 0.25) is 5.91 Å². The van der Waals surface area contributed by atoms with E-state index < -0.39 is 0 Å². The Hall–Kier alpha value is -2.21. The van der Waals surface area contributed by atoms with Crippen molar-refractivity contribution in [3.05, 3.63) is 51.5 Å². The van der Waals surface area contributed by atoms with Crippen molar-refractivity contribution < 1.29 is 9.59 Å². The van der Waals surface area contributed by atoms with Gasteiger partial charge in [0.15, 0.2) is 0 Å². The van der Waals surface area contributed by atoms with Gasteiger partial charge in [-0.05, 0) is 44.2 Å². The highest BCUT2D eigenvalue weighted by atomic mass is 32.1. The maximum absolute atomic E-state index is 12.9. The molecule has 1 aliphatic carbocycles. The minimum absolute atomic E-state index is 0.118. The molecule has 1 aliphatic heterocycles. The molecule has 28 heavy (non-hydrogen) atoms. The number of nitrogens with one attached hydrogen (secondary N) is 1. The van der Waals surface area contributed by atoms with Gasteiger partial charge in [-0.25, -0.2) is 4.98 Å². The molecule has 1 saturated heterocycles. The highest BCUT2D eigenvalue weighted by Gasteiger charge is 2.28. The number of amides is 2. The third-order valence-corrected chi connectivity index (χ3v) is 6.98. The Kier molecular flexibility index (Phi) is 5.76. The summed E-state index contributed by atoms with van der Waals surface area (Å²) in [5, 5.41) is 6.13. The Morgan fingerprint density at radius 1 is 1.21 bits per heavy atom. The first-order valence-corrected chi connectivity index (χ1v) is 11.1. The lowest BCUT2D eigenvalue weighted by atomic mass is 9.85. The molecule has 0 radical (unpaired) electrons. The second-order valence-electron chi connectivity index (χ2n) is 7.93. The van der Waals surface area contributed by atoms with Crippen LogP contribution in [0.25, 0.3) is 0 Å². The molecule has 0 bridgehead atoms. The number of thiazole rings is 1. The van der Waals surface area contributed by atoms with Crippen molar-refractivity contribution in [3.63, 3.8) is 0 Å². The standard InChI is InChI=1S/C22H27N3O2S/c1-15-6-2-3-10-19(15)22(27)25-11-5-9-17(13-25)21-24-18(14-28-21)12-23-20(26)16-7-4-8-16/h2-3,6,10,14,16-17H,4-5,7-9,11-13H2,1H3,(H,23,26). The van der Waals surface area contributed by atoms with Gasteiger partial charge in [0.1, 0.15) is 0 Å². The molecular formula is C22H27N3O2S. The Balaban J connectivity index is 1.37. The van der Waals surface area contributed by atoms with E-state index in [0.717, 1.165) is 54.1 Å². The lowest BCUT2D eigenvalue weighted by molar-refractivity contribution is -0.127. The highest BCUT2D eigenvalue weighted by molar-refractivity contribution is 7.09. The monoisotopic (exact) mass is 397 g/mol. The number of aromatic nitrogens is 1. The van der Waals surface area contributed by atoms with Crippen LogP contribution in [-0.4, -0.2) is 34.8 Å². The molecule has 2 heterocycles. The maximum Gasteiger partial charge on any atom is 0.254 e. The summed E-state index contributed by atoms with van der Waals surface area (Å²) in [7, 11) is 0. The number of rotatable bonds is 5. The summed E-state index contributed by atoms with van der Waals surface area (Å²) < 4.78 is 0. The number of piperidine rings is 1. The normalized spacial score (nSPS) is 19.9. The SMILES string of the molecule is Cc1ccccc1C(=O)N1CCCC(c2nc(CNC(=O)C3CCC3)cs2)C1. The van der Waals surface area contributed by atoms with E-state index in [2.05, 4.69) is 5.32 Å². The number of carbonyl (C=O) groups excluding carboxylic acids is 2. The summed E-state index contributed by atoms with van der Waals surface area (Å²) in [6.07, 6.45) is 5.24. The summed E-state index contributed by atoms with van der Waals surface area (Å²) in [5.74, 6) is 0.765. The van der Waals surface area contributed by atoms with Gasteiger partial charge in [0.25, 0.3) is 5.91 Å². The van der Waals surface area contributed by atoms with E-state index in [-0.39, 0.29) is 23.7 Å². The molecule has 1 atom stereocenters. The molecular weight excluding hydrogens is 370 g/mol.